The number of furan rings is 1. The molecule has 1 saturated heterocycles. The lowest BCUT2D eigenvalue weighted by Crippen LogP contribution is -2.30. The first-order valence-electron chi connectivity index (χ1n) is 9.70. The number of amides is 3. The van der Waals surface area contributed by atoms with Crippen LogP contribution in [0.25, 0.3) is 6.08 Å². The van der Waals surface area contributed by atoms with Gasteiger partial charge in [0.1, 0.15) is 17.2 Å². The van der Waals surface area contributed by atoms with E-state index in [0.717, 1.165) is 4.90 Å². The molecule has 2 aromatic rings. The first-order valence-corrected chi connectivity index (χ1v) is 9.70. The zero-order chi connectivity index (χ0) is 23.3. The molecule has 32 heavy (non-hydrogen) atoms. The number of carbonyl (C=O) groups is 4. The lowest BCUT2D eigenvalue weighted by atomic mass is 10.2. The molecule has 3 rings (SSSR count). The quantitative estimate of drug-likeness (QED) is 0.376. The highest BCUT2D eigenvalue weighted by Gasteiger charge is 2.34. The lowest BCUT2D eigenvalue weighted by Gasteiger charge is -2.10. The van der Waals surface area contributed by atoms with Gasteiger partial charge in [0.05, 0.1) is 19.8 Å². The van der Waals surface area contributed by atoms with Gasteiger partial charge in [-0.2, -0.15) is 0 Å². The Labute approximate surface area is 183 Å². The number of urea groups is 1. The zero-order valence-electron chi connectivity index (χ0n) is 17.7. The van der Waals surface area contributed by atoms with E-state index in [1.165, 1.54) is 25.3 Å². The predicted octanol–water partition coefficient (Wildman–Crippen LogP) is 2.49. The summed E-state index contributed by atoms with van der Waals surface area (Å²) in [5, 5.41) is 2.50. The van der Waals surface area contributed by atoms with E-state index >= 15 is 0 Å². The van der Waals surface area contributed by atoms with Gasteiger partial charge >= 0.3 is 18.0 Å². The first-order chi connectivity index (χ1) is 15.3. The van der Waals surface area contributed by atoms with Gasteiger partial charge in [-0.3, -0.25) is 9.69 Å². The number of esters is 2. The van der Waals surface area contributed by atoms with E-state index in [1.54, 1.807) is 38.1 Å². The Bertz CT molecular complexity index is 1070. The Morgan fingerprint density at radius 2 is 1.97 bits per heavy atom. The summed E-state index contributed by atoms with van der Waals surface area (Å²) in [6, 6.07) is 8.93. The largest absolute Gasteiger partial charge is 0.482 e. The van der Waals surface area contributed by atoms with Crippen molar-refractivity contribution in [2.75, 3.05) is 13.7 Å². The second-order valence-corrected chi connectivity index (χ2v) is 7.04. The maximum absolute atomic E-state index is 12.7. The van der Waals surface area contributed by atoms with Crippen molar-refractivity contribution in [3.8, 4) is 5.75 Å². The first kappa shape index (κ1) is 22.6. The summed E-state index contributed by atoms with van der Waals surface area (Å²) in [4.78, 5) is 49.0. The van der Waals surface area contributed by atoms with Gasteiger partial charge < -0.3 is 23.9 Å². The smallest absolute Gasteiger partial charge is 0.373 e. The van der Waals surface area contributed by atoms with Gasteiger partial charge in [0, 0.05) is 0 Å². The second kappa shape index (κ2) is 9.82. The van der Waals surface area contributed by atoms with Crippen molar-refractivity contribution in [2.45, 2.75) is 26.5 Å². The van der Waals surface area contributed by atoms with E-state index < -0.39 is 23.9 Å². The van der Waals surface area contributed by atoms with Crippen LogP contribution in [0.15, 0.2) is 46.5 Å². The average molecular weight is 442 g/mol. The molecule has 1 aromatic heterocycles. The summed E-state index contributed by atoms with van der Waals surface area (Å²) in [6.45, 7) is 3.08. The molecule has 10 heteroatoms. The molecule has 1 N–H and O–H groups in total. The van der Waals surface area contributed by atoms with Gasteiger partial charge in [-0.15, -0.1) is 0 Å². The standard InChI is InChI=1S/C22H22N2O8/c1-13(2)31-19(25)12-30-15-6-4-5-14(9-15)10-17-20(26)24(22(28)23-17)11-16-7-8-18(32-16)21(27)29-3/h4-10,13H,11-12H2,1-3H3,(H,23,28). The number of imide groups is 1. The van der Waals surface area contributed by atoms with Crippen LogP contribution in [0.2, 0.25) is 0 Å². The number of nitrogens with one attached hydrogen (secondary N) is 1. The Balaban J connectivity index is 1.67. The number of hydrogen-bond donors (Lipinski definition) is 1. The molecule has 0 bridgehead atoms. The molecule has 1 fully saturated rings. The molecule has 1 aromatic carbocycles. The van der Waals surface area contributed by atoms with Crippen LogP contribution in [0, 0.1) is 0 Å². The van der Waals surface area contributed by atoms with E-state index in [0.29, 0.717) is 11.3 Å². The van der Waals surface area contributed by atoms with Crippen LogP contribution >= 0.6 is 0 Å². The molecule has 0 spiro atoms. The number of ether oxygens (including phenoxy) is 3. The fourth-order valence-corrected chi connectivity index (χ4v) is 2.84. The van der Waals surface area contributed by atoms with E-state index in [9.17, 15) is 19.2 Å². The van der Waals surface area contributed by atoms with Crippen molar-refractivity contribution in [1.82, 2.24) is 10.2 Å². The van der Waals surface area contributed by atoms with Crippen molar-refractivity contribution in [3.63, 3.8) is 0 Å². The van der Waals surface area contributed by atoms with E-state index in [-0.39, 0.29) is 36.5 Å². The summed E-state index contributed by atoms with van der Waals surface area (Å²) in [5.41, 5.74) is 0.641. The van der Waals surface area contributed by atoms with Crippen molar-refractivity contribution >= 4 is 30.0 Å². The molecule has 3 amide bonds. The van der Waals surface area contributed by atoms with Crippen LogP contribution in [0.1, 0.15) is 35.7 Å². The minimum atomic E-state index is -0.659. The van der Waals surface area contributed by atoms with Crippen LogP contribution in [0.3, 0.4) is 0 Å². The Hall–Kier alpha value is -4.08. The van der Waals surface area contributed by atoms with Gasteiger partial charge in [0.2, 0.25) is 5.76 Å². The molecular weight excluding hydrogens is 420 g/mol. The third-order valence-corrected chi connectivity index (χ3v) is 4.22. The molecule has 0 unspecified atom stereocenters. The van der Waals surface area contributed by atoms with E-state index in [1.807, 2.05) is 0 Å². The van der Waals surface area contributed by atoms with Crippen LogP contribution in [0.4, 0.5) is 4.79 Å². The number of methoxy groups -OCH3 is 1. The van der Waals surface area contributed by atoms with Gasteiger partial charge in [-0.05, 0) is 49.8 Å². The van der Waals surface area contributed by atoms with Gasteiger partial charge in [0.15, 0.2) is 6.61 Å². The molecule has 10 nitrogen and oxygen atoms in total. The number of carbonyl (C=O) groups excluding carboxylic acids is 4. The second-order valence-electron chi connectivity index (χ2n) is 7.04. The third-order valence-electron chi connectivity index (χ3n) is 4.22. The Kier molecular flexibility index (Phi) is 6.93. The molecule has 0 atom stereocenters. The van der Waals surface area contributed by atoms with Crippen LogP contribution < -0.4 is 10.1 Å². The van der Waals surface area contributed by atoms with Crippen LogP contribution in [0.5, 0.6) is 5.75 Å². The molecular formula is C22H22N2O8. The van der Waals surface area contributed by atoms with Crippen molar-refractivity contribution in [2.24, 2.45) is 0 Å². The predicted molar refractivity (Wildman–Crippen MR) is 110 cm³/mol. The molecule has 1 aliphatic heterocycles. The van der Waals surface area contributed by atoms with Crippen molar-refractivity contribution in [1.29, 1.82) is 0 Å². The number of benzene rings is 1. The summed E-state index contributed by atoms with van der Waals surface area (Å²) in [6.07, 6.45) is 1.25. The molecule has 0 saturated carbocycles. The fraction of sp³-hybridized carbons (Fsp3) is 0.273. The minimum absolute atomic E-state index is 0.0283. The zero-order valence-corrected chi connectivity index (χ0v) is 17.7. The van der Waals surface area contributed by atoms with E-state index in [2.05, 4.69) is 10.1 Å². The topological polar surface area (TPSA) is 124 Å². The maximum Gasteiger partial charge on any atom is 0.373 e. The Morgan fingerprint density at radius 1 is 1.19 bits per heavy atom. The van der Waals surface area contributed by atoms with Crippen LogP contribution in [-0.2, 0) is 25.6 Å². The highest BCUT2D eigenvalue weighted by atomic mass is 16.6. The monoisotopic (exact) mass is 442 g/mol. The molecule has 2 heterocycles. The van der Waals surface area contributed by atoms with Gasteiger partial charge in [0.25, 0.3) is 5.91 Å². The SMILES string of the molecule is COC(=O)c1ccc(CN2C(=O)NC(=Cc3cccc(OCC(=O)OC(C)C)c3)C2=O)o1. The molecule has 0 aliphatic carbocycles. The van der Waals surface area contributed by atoms with Crippen LogP contribution in [-0.4, -0.2) is 48.6 Å². The normalized spacial score (nSPS) is 14.6. The molecule has 168 valence electrons. The molecule has 0 radical (unpaired) electrons. The highest BCUT2D eigenvalue weighted by Crippen LogP contribution is 2.20. The van der Waals surface area contributed by atoms with Crippen molar-refractivity contribution in [3.05, 3.63) is 59.2 Å². The fourth-order valence-electron chi connectivity index (χ4n) is 2.84. The number of nitrogens with zero attached hydrogens (tertiary/aromatic N) is 1. The maximum atomic E-state index is 12.7. The van der Waals surface area contributed by atoms with Crippen molar-refractivity contribution < 1.29 is 37.8 Å². The van der Waals surface area contributed by atoms with Gasteiger partial charge in [-0.1, -0.05) is 12.1 Å². The molecule has 1 aliphatic rings. The highest BCUT2D eigenvalue weighted by molar-refractivity contribution is 6.13. The number of hydrogen-bond acceptors (Lipinski definition) is 8. The third kappa shape index (κ3) is 5.54. The summed E-state index contributed by atoms with van der Waals surface area (Å²) in [7, 11) is 1.22. The summed E-state index contributed by atoms with van der Waals surface area (Å²) in [5.74, 6) is -1.09. The van der Waals surface area contributed by atoms with Gasteiger partial charge in [-0.25, -0.2) is 14.4 Å². The summed E-state index contributed by atoms with van der Waals surface area (Å²) >= 11 is 0. The lowest BCUT2D eigenvalue weighted by molar-refractivity contribution is -0.149. The Morgan fingerprint density at radius 3 is 2.69 bits per heavy atom. The average Bonchev–Trinajstić information content (AvgIpc) is 3.32. The number of rotatable bonds is 8. The summed E-state index contributed by atoms with van der Waals surface area (Å²) < 4.78 is 20.3. The van der Waals surface area contributed by atoms with E-state index in [4.69, 9.17) is 13.9 Å². The minimum Gasteiger partial charge on any atom is -0.482 e.